The van der Waals surface area contributed by atoms with E-state index in [0.29, 0.717) is 41.6 Å². The standard InChI is InChI=1S/C30H41ClN2O6/c1-5-39-25-15-13-22(19-27(25)38-4)29(30(35)32-23-10-8-6-7-9-11-23)33(28(34)20-31)17-16-21-12-14-24(36-2)26(18-21)37-3/h12-15,18-19,23,29H,5-11,16-17,20H2,1-4H3,(H,32,35)/t29-/m1/s1. The van der Waals surface area contributed by atoms with Gasteiger partial charge >= 0.3 is 0 Å². The molecule has 39 heavy (non-hydrogen) atoms. The molecular formula is C30H41ClN2O6. The van der Waals surface area contributed by atoms with E-state index >= 15 is 0 Å². The van der Waals surface area contributed by atoms with Crippen molar-refractivity contribution < 1.29 is 28.5 Å². The molecule has 1 N–H and O–H groups in total. The van der Waals surface area contributed by atoms with Crippen LogP contribution < -0.4 is 24.3 Å². The normalized spacial score (nSPS) is 14.6. The van der Waals surface area contributed by atoms with E-state index in [1.54, 1.807) is 38.4 Å². The lowest BCUT2D eigenvalue weighted by Gasteiger charge is -2.32. The molecule has 214 valence electrons. The third-order valence-electron chi connectivity index (χ3n) is 7.09. The average Bonchev–Trinajstić information content (AvgIpc) is 3.23. The topological polar surface area (TPSA) is 86.3 Å². The SMILES string of the molecule is CCOc1ccc([C@H](C(=O)NC2CCCCCC2)N(CCc2ccc(OC)c(OC)c2)C(=O)CCl)cc1OC. The van der Waals surface area contributed by atoms with Gasteiger partial charge in [0, 0.05) is 12.6 Å². The fourth-order valence-electron chi connectivity index (χ4n) is 5.07. The summed E-state index contributed by atoms with van der Waals surface area (Å²) in [6, 6.07) is 10.2. The van der Waals surface area contributed by atoms with E-state index in [2.05, 4.69) is 5.32 Å². The molecule has 9 heteroatoms. The number of nitrogens with zero attached hydrogens (tertiary/aromatic N) is 1. The number of carbonyl (C=O) groups excluding carboxylic acids is 2. The second-order valence-corrected chi connectivity index (χ2v) is 9.87. The van der Waals surface area contributed by atoms with E-state index in [4.69, 9.17) is 30.5 Å². The Morgan fingerprint density at radius 2 is 1.56 bits per heavy atom. The van der Waals surface area contributed by atoms with Gasteiger partial charge in [-0.3, -0.25) is 9.59 Å². The Balaban J connectivity index is 1.96. The number of nitrogens with one attached hydrogen (secondary N) is 1. The molecule has 1 fully saturated rings. The maximum atomic E-state index is 13.9. The Kier molecular flexibility index (Phi) is 12.1. The first kappa shape index (κ1) is 30.4. The highest BCUT2D eigenvalue weighted by molar-refractivity contribution is 6.27. The van der Waals surface area contributed by atoms with Crippen molar-refractivity contribution in [1.82, 2.24) is 10.2 Å². The monoisotopic (exact) mass is 560 g/mol. The van der Waals surface area contributed by atoms with Crippen LogP contribution in [0.3, 0.4) is 0 Å². The molecule has 0 radical (unpaired) electrons. The van der Waals surface area contributed by atoms with Crippen molar-refractivity contribution in [3.63, 3.8) is 0 Å². The molecule has 0 unspecified atom stereocenters. The van der Waals surface area contributed by atoms with Crippen molar-refractivity contribution >= 4 is 23.4 Å². The van der Waals surface area contributed by atoms with Gasteiger partial charge in [-0.1, -0.05) is 37.8 Å². The summed E-state index contributed by atoms with van der Waals surface area (Å²) in [7, 11) is 4.72. The van der Waals surface area contributed by atoms with Gasteiger partial charge in [0.05, 0.1) is 27.9 Å². The van der Waals surface area contributed by atoms with Gasteiger partial charge in [-0.05, 0) is 61.6 Å². The summed E-state index contributed by atoms with van der Waals surface area (Å²) >= 11 is 6.09. The Labute approximate surface area is 236 Å². The zero-order valence-corrected chi connectivity index (χ0v) is 24.2. The highest BCUT2D eigenvalue weighted by Gasteiger charge is 2.33. The van der Waals surface area contributed by atoms with E-state index in [1.165, 1.54) is 12.8 Å². The first-order valence-electron chi connectivity index (χ1n) is 13.6. The Hall–Kier alpha value is -3.13. The summed E-state index contributed by atoms with van der Waals surface area (Å²) in [6.45, 7) is 2.65. The zero-order chi connectivity index (χ0) is 28.2. The highest BCUT2D eigenvalue weighted by Crippen LogP contribution is 2.34. The molecule has 1 saturated carbocycles. The molecule has 0 bridgehead atoms. The van der Waals surface area contributed by atoms with E-state index in [0.717, 1.165) is 31.2 Å². The molecule has 2 amide bonds. The van der Waals surface area contributed by atoms with Crippen LogP contribution in [0.4, 0.5) is 0 Å². The summed E-state index contributed by atoms with van der Waals surface area (Å²) < 4.78 is 22.0. The van der Waals surface area contributed by atoms with Crippen LogP contribution in [-0.2, 0) is 16.0 Å². The highest BCUT2D eigenvalue weighted by atomic mass is 35.5. The summed E-state index contributed by atoms with van der Waals surface area (Å²) in [4.78, 5) is 28.8. The molecule has 0 aliphatic heterocycles. The number of hydrogen-bond acceptors (Lipinski definition) is 6. The van der Waals surface area contributed by atoms with Crippen LogP contribution in [0.1, 0.15) is 62.6 Å². The number of alkyl halides is 1. The Morgan fingerprint density at radius 3 is 2.18 bits per heavy atom. The predicted octanol–water partition coefficient (Wildman–Crippen LogP) is 5.30. The van der Waals surface area contributed by atoms with Crippen molar-refractivity contribution in [3.8, 4) is 23.0 Å². The average molecular weight is 561 g/mol. The smallest absolute Gasteiger partial charge is 0.247 e. The van der Waals surface area contributed by atoms with E-state index < -0.39 is 6.04 Å². The predicted molar refractivity (Wildman–Crippen MR) is 152 cm³/mol. The molecule has 2 aromatic carbocycles. The van der Waals surface area contributed by atoms with Crippen molar-refractivity contribution in [3.05, 3.63) is 47.5 Å². The maximum absolute atomic E-state index is 13.9. The van der Waals surface area contributed by atoms with E-state index in [-0.39, 0.29) is 30.3 Å². The van der Waals surface area contributed by atoms with Gasteiger partial charge in [0.15, 0.2) is 23.0 Å². The molecule has 0 aromatic heterocycles. The molecule has 0 heterocycles. The minimum absolute atomic E-state index is 0.0749. The van der Waals surface area contributed by atoms with Crippen LogP contribution in [0.15, 0.2) is 36.4 Å². The van der Waals surface area contributed by atoms with Crippen molar-refractivity contribution in [2.24, 2.45) is 0 Å². The summed E-state index contributed by atoms with van der Waals surface area (Å²) in [6.07, 6.45) is 6.86. The minimum atomic E-state index is -0.885. The molecule has 0 spiro atoms. The van der Waals surface area contributed by atoms with Crippen LogP contribution in [-0.4, -0.2) is 63.1 Å². The fraction of sp³-hybridized carbons (Fsp3) is 0.533. The van der Waals surface area contributed by atoms with Gasteiger partial charge in [0.25, 0.3) is 0 Å². The fourth-order valence-corrected chi connectivity index (χ4v) is 5.22. The van der Waals surface area contributed by atoms with Crippen molar-refractivity contribution in [2.45, 2.75) is 64.0 Å². The Bertz CT molecular complexity index is 1090. The minimum Gasteiger partial charge on any atom is -0.493 e. The quantitative estimate of drug-likeness (QED) is 0.264. The third-order valence-corrected chi connectivity index (χ3v) is 7.32. The molecule has 2 aromatic rings. The lowest BCUT2D eigenvalue weighted by molar-refractivity contribution is -0.139. The number of hydrogen-bond donors (Lipinski definition) is 1. The van der Waals surface area contributed by atoms with Crippen molar-refractivity contribution in [1.29, 1.82) is 0 Å². The lowest BCUT2D eigenvalue weighted by atomic mass is 10.0. The second-order valence-electron chi connectivity index (χ2n) is 9.60. The van der Waals surface area contributed by atoms with Gasteiger partial charge in [0.1, 0.15) is 11.9 Å². The first-order valence-corrected chi connectivity index (χ1v) is 14.2. The first-order chi connectivity index (χ1) is 18.9. The number of ether oxygens (including phenoxy) is 4. The number of methoxy groups -OCH3 is 3. The number of amides is 2. The van der Waals surface area contributed by atoms with Gasteiger partial charge in [0.2, 0.25) is 11.8 Å². The maximum Gasteiger partial charge on any atom is 0.247 e. The Morgan fingerprint density at radius 1 is 0.923 bits per heavy atom. The van der Waals surface area contributed by atoms with E-state index in [9.17, 15) is 9.59 Å². The van der Waals surface area contributed by atoms with Gasteiger partial charge in [-0.2, -0.15) is 0 Å². The molecule has 0 saturated heterocycles. The van der Waals surface area contributed by atoms with Crippen LogP contribution in [0.2, 0.25) is 0 Å². The molecular weight excluding hydrogens is 520 g/mol. The van der Waals surface area contributed by atoms with E-state index in [1.807, 2.05) is 31.2 Å². The number of halogens is 1. The third kappa shape index (κ3) is 8.18. The lowest BCUT2D eigenvalue weighted by Crippen LogP contribution is -2.47. The van der Waals surface area contributed by atoms with Gasteiger partial charge in [-0.25, -0.2) is 0 Å². The molecule has 1 aliphatic carbocycles. The van der Waals surface area contributed by atoms with Crippen LogP contribution in [0.5, 0.6) is 23.0 Å². The number of carbonyl (C=O) groups is 2. The largest absolute Gasteiger partial charge is 0.493 e. The van der Waals surface area contributed by atoms with Crippen LogP contribution in [0.25, 0.3) is 0 Å². The molecule has 1 atom stereocenters. The number of benzene rings is 2. The molecule has 1 aliphatic rings. The second kappa shape index (κ2) is 15.5. The molecule has 3 rings (SSSR count). The van der Waals surface area contributed by atoms with Crippen LogP contribution in [0, 0.1) is 0 Å². The summed E-state index contributed by atoms with van der Waals surface area (Å²) in [5, 5.41) is 3.24. The summed E-state index contributed by atoms with van der Waals surface area (Å²) in [5.41, 5.74) is 1.57. The van der Waals surface area contributed by atoms with Gasteiger partial charge in [-0.15, -0.1) is 11.6 Å². The van der Waals surface area contributed by atoms with Gasteiger partial charge < -0.3 is 29.2 Å². The van der Waals surface area contributed by atoms with Crippen molar-refractivity contribution in [2.75, 3.05) is 40.4 Å². The zero-order valence-electron chi connectivity index (χ0n) is 23.5. The molecule has 8 nitrogen and oxygen atoms in total. The summed E-state index contributed by atoms with van der Waals surface area (Å²) in [5.74, 6) is 1.51. The number of rotatable bonds is 13. The van der Waals surface area contributed by atoms with Crippen LogP contribution >= 0.6 is 11.6 Å².